The normalized spacial score (nSPS) is 33.5. The lowest BCUT2D eigenvalue weighted by atomic mass is 9.98. The molecule has 0 aliphatic carbocycles. The van der Waals surface area contributed by atoms with Gasteiger partial charge in [-0.1, -0.05) is 0 Å². The summed E-state index contributed by atoms with van der Waals surface area (Å²) in [6, 6.07) is 7.89. The van der Waals surface area contributed by atoms with Crippen molar-refractivity contribution in [3.05, 3.63) is 36.4 Å². The first kappa shape index (κ1) is 30.0. The Balaban J connectivity index is 1.44. The first-order valence-corrected chi connectivity index (χ1v) is 12.9. The third-order valence-corrected chi connectivity index (χ3v) is 7.24. The predicted molar refractivity (Wildman–Crippen MR) is 138 cm³/mol. The largest absolute Gasteiger partial charge is 0.508 e. The van der Waals surface area contributed by atoms with Crippen LogP contribution in [-0.2, 0) is 14.2 Å². The van der Waals surface area contributed by atoms with E-state index in [9.17, 15) is 51.1 Å². The number of aliphatic hydroxyl groups is 6. The molecule has 0 unspecified atom stereocenters. The summed E-state index contributed by atoms with van der Waals surface area (Å²) in [5.74, 6) is -2.50. The molecule has 10 N–H and O–H groups in total. The molecule has 15 nitrogen and oxygen atoms in total. The Morgan fingerprint density at radius 2 is 1.38 bits per heavy atom. The van der Waals surface area contributed by atoms with Gasteiger partial charge >= 0.3 is 11.3 Å². The Bertz CT molecular complexity index is 1420. The van der Waals surface area contributed by atoms with E-state index in [1.165, 1.54) is 37.3 Å². The number of aliphatic hydroxyl groups excluding tert-OH is 6. The molecule has 2 saturated heterocycles. The lowest BCUT2D eigenvalue weighted by Crippen LogP contribution is -2.61. The second kappa shape index (κ2) is 11.6. The summed E-state index contributed by atoms with van der Waals surface area (Å²) in [4.78, 5) is 0. The summed E-state index contributed by atoms with van der Waals surface area (Å²) in [5, 5.41) is 102. The van der Waals surface area contributed by atoms with Gasteiger partial charge in [0.05, 0.1) is 24.3 Å². The van der Waals surface area contributed by atoms with E-state index in [4.69, 9.17) is 23.4 Å². The number of benzene rings is 2. The minimum absolute atomic E-state index is 0.0311. The van der Waals surface area contributed by atoms with Crippen LogP contribution in [-0.4, -0.2) is 119 Å². The zero-order valence-corrected chi connectivity index (χ0v) is 22.0. The second-order valence-corrected chi connectivity index (χ2v) is 10.1. The minimum Gasteiger partial charge on any atom is -0.508 e. The van der Waals surface area contributed by atoms with Crippen molar-refractivity contribution in [1.82, 2.24) is 0 Å². The summed E-state index contributed by atoms with van der Waals surface area (Å²) < 4.78 is 28.3. The molecule has 10 atom stereocenters. The topological polar surface area (TPSA) is 251 Å². The van der Waals surface area contributed by atoms with Crippen molar-refractivity contribution in [2.24, 2.45) is 0 Å². The maximum Gasteiger partial charge on any atom is 0.402 e. The average Bonchev–Trinajstić information content (AvgIpc) is 2.97. The van der Waals surface area contributed by atoms with E-state index in [2.05, 4.69) is 0 Å². The lowest BCUT2D eigenvalue weighted by Gasteiger charge is -2.42. The summed E-state index contributed by atoms with van der Waals surface area (Å²) in [5.41, 5.74) is 0.262. The van der Waals surface area contributed by atoms with Crippen molar-refractivity contribution in [3.8, 4) is 40.1 Å². The molecule has 15 heteroatoms. The van der Waals surface area contributed by atoms with Crippen LogP contribution in [0.1, 0.15) is 6.92 Å². The van der Waals surface area contributed by atoms with Crippen molar-refractivity contribution in [2.75, 3.05) is 6.61 Å². The first-order valence-electron chi connectivity index (χ1n) is 12.9. The molecule has 0 radical (unpaired) electrons. The van der Waals surface area contributed by atoms with Crippen LogP contribution in [0.3, 0.4) is 0 Å². The van der Waals surface area contributed by atoms with Gasteiger partial charge in [0.15, 0.2) is 17.8 Å². The summed E-state index contributed by atoms with van der Waals surface area (Å²) in [6.45, 7) is 0.925. The molecule has 1 aromatic heterocycles. The maximum absolute atomic E-state index is 10.7. The van der Waals surface area contributed by atoms with Crippen molar-refractivity contribution >= 4 is 11.0 Å². The van der Waals surface area contributed by atoms with Crippen molar-refractivity contribution in [3.63, 3.8) is 0 Å². The summed E-state index contributed by atoms with van der Waals surface area (Å²) in [6.07, 6.45) is -15.3. The van der Waals surface area contributed by atoms with E-state index in [1.54, 1.807) is 0 Å². The Kier molecular flexibility index (Phi) is 8.30. The number of phenolic OH excluding ortho intramolecular Hbond substituents is 4. The van der Waals surface area contributed by atoms with Crippen molar-refractivity contribution < 1.29 is 74.4 Å². The highest BCUT2D eigenvalue weighted by Gasteiger charge is 2.48. The number of aromatic hydroxyl groups is 4. The highest BCUT2D eigenvalue weighted by molar-refractivity contribution is 5.91. The molecule has 42 heavy (non-hydrogen) atoms. The maximum atomic E-state index is 10.7. The lowest BCUT2D eigenvalue weighted by molar-refractivity contribution is -0.318. The molecule has 2 fully saturated rings. The fourth-order valence-corrected chi connectivity index (χ4v) is 4.74. The highest BCUT2D eigenvalue weighted by atomic mass is 16.7. The molecule has 0 bridgehead atoms. The Hall–Kier alpha value is -3.51. The average molecular weight is 596 g/mol. The third-order valence-electron chi connectivity index (χ3n) is 7.24. The van der Waals surface area contributed by atoms with Gasteiger partial charge in [-0.25, -0.2) is 4.42 Å². The molecular formula is C27H31O15+. The predicted octanol–water partition coefficient (Wildman–Crippen LogP) is -0.766. The van der Waals surface area contributed by atoms with Gasteiger partial charge in [0.1, 0.15) is 53.9 Å². The molecule has 0 spiro atoms. The number of hydrogen-bond acceptors (Lipinski definition) is 14. The van der Waals surface area contributed by atoms with Gasteiger partial charge in [-0.2, -0.15) is 0 Å². The van der Waals surface area contributed by atoms with E-state index < -0.39 is 85.3 Å². The molecule has 228 valence electrons. The number of rotatable bonds is 6. The number of phenols is 4. The van der Waals surface area contributed by atoms with E-state index >= 15 is 0 Å². The fourth-order valence-electron chi connectivity index (χ4n) is 4.74. The van der Waals surface area contributed by atoms with Crippen LogP contribution in [0.15, 0.2) is 40.8 Å². The van der Waals surface area contributed by atoms with Crippen LogP contribution in [0.2, 0.25) is 0 Å². The van der Waals surface area contributed by atoms with Gasteiger partial charge in [-0.3, -0.25) is 0 Å². The van der Waals surface area contributed by atoms with Gasteiger partial charge in [0.25, 0.3) is 0 Å². The summed E-state index contributed by atoms with van der Waals surface area (Å²) >= 11 is 0. The second-order valence-electron chi connectivity index (χ2n) is 10.1. The zero-order valence-electron chi connectivity index (χ0n) is 22.0. The quantitative estimate of drug-likeness (QED) is 0.124. The van der Waals surface area contributed by atoms with Crippen LogP contribution in [0.25, 0.3) is 22.3 Å². The van der Waals surface area contributed by atoms with Crippen LogP contribution < -0.4 is 4.74 Å². The fraction of sp³-hybridized carbons (Fsp3) is 0.444. The standard InChI is InChI=1S/C27H30O15/c1-9-17(30)21(34)23(36)26(39-9)38-8-16-20(33)22(35)24(37)27(42-16)41-15-6-12-14(7-13(29)19(32)18(12)31)40-25(15)10-2-4-11(28)5-3-10/h2-7,9,16-17,20-24,26-27,30,33-37H,8H2,1H3,(H3-,28,29,31,32)/p+1/t9-,16-,17+,20-,21-,22+,23+,24-,26-,27-/m1/s1. The van der Waals surface area contributed by atoms with Gasteiger partial charge < -0.3 is 70.0 Å². The SMILES string of the molecule is C[C@H]1O[C@@H](OC[C@H]2O[C@@H](Oc3cc4c(O)c(O)c(O)cc4[o+]c3-c3ccc(O)cc3)[C@H](O)[C@@H](O)[C@@H]2O)[C@@H](O)[C@H](O)[C@H]1O. The van der Waals surface area contributed by atoms with Crippen molar-refractivity contribution in [1.29, 1.82) is 0 Å². The molecule has 3 aromatic rings. The van der Waals surface area contributed by atoms with Crippen LogP contribution in [0, 0.1) is 0 Å². The zero-order chi connectivity index (χ0) is 30.5. The van der Waals surface area contributed by atoms with Crippen LogP contribution in [0.4, 0.5) is 0 Å². The Labute approximate surface area is 237 Å². The third kappa shape index (κ3) is 5.49. The molecule has 3 heterocycles. The molecule has 5 rings (SSSR count). The summed E-state index contributed by atoms with van der Waals surface area (Å²) in [7, 11) is 0. The van der Waals surface area contributed by atoms with Crippen LogP contribution >= 0.6 is 0 Å². The van der Waals surface area contributed by atoms with Crippen molar-refractivity contribution in [2.45, 2.75) is 68.3 Å². The highest BCUT2D eigenvalue weighted by Crippen LogP contribution is 2.45. The first-order chi connectivity index (χ1) is 19.9. The van der Waals surface area contributed by atoms with E-state index in [0.717, 1.165) is 6.07 Å². The molecule has 2 aliphatic rings. The molecule has 2 aliphatic heterocycles. The molecular weight excluding hydrogens is 564 g/mol. The molecule has 2 aromatic carbocycles. The van der Waals surface area contributed by atoms with E-state index in [1.807, 2.05) is 0 Å². The van der Waals surface area contributed by atoms with Gasteiger partial charge in [0, 0.05) is 6.07 Å². The minimum atomic E-state index is -1.82. The smallest absolute Gasteiger partial charge is 0.402 e. The monoisotopic (exact) mass is 595 g/mol. The van der Waals surface area contributed by atoms with Crippen LogP contribution in [0.5, 0.6) is 28.7 Å². The van der Waals surface area contributed by atoms with Gasteiger partial charge in [0.2, 0.25) is 17.8 Å². The van der Waals surface area contributed by atoms with E-state index in [0.29, 0.717) is 5.56 Å². The number of fused-ring (bicyclic) bond motifs is 1. The molecule has 0 amide bonds. The number of ether oxygens (including phenoxy) is 4. The Morgan fingerprint density at radius 3 is 2.07 bits per heavy atom. The number of hydrogen-bond donors (Lipinski definition) is 10. The molecule has 0 saturated carbocycles. The Morgan fingerprint density at radius 1 is 0.738 bits per heavy atom. The van der Waals surface area contributed by atoms with Gasteiger partial charge in [-0.05, 0) is 31.2 Å². The van der Waals surface area contributed by atoms with Gasteiger partial charge in [-0.15, -0.1) is 0 Å². The van der Waals surface area contributed by atoms with E-state index in [-0.39, 0.29) is 28.2 Å².